The third kappa shape index (κ3) is 5.58. The highest BCUT2D eigenvalue weighted by molar-refractivity contribution is 7.98. The number of hydrogen-bond acceptors (Lipinski definition) is 5. The topological polar surface area (TPSA) is 63.8 Å². The van der Waals surface area contributed by atoms with Gasteiger partial charge in [0.15, 0.2) is 0 Å². The maximum atomic E-state index is 5.77. The van der Waals surface area contributed by atoms with Gasteiger partial charge in [-0.15, -0.1) is 0 Å². The van der Waals surface area contributed by atoms with E-state index in [9.17, 15) is 0 Å². The Balaban J connectivity index is 2.37. The van der Waals surface area contributed by atoms with Gasteiger partial charge in [-0.25, -0.2) is 9.97 Å². The van der Waals surface area contributed by atoms with Crippen molar-refractivity contribution in [3.8, 4) is 0 Å². The van der Waals surface area contributed by atoms with Gasteiger partial charge in [0.25, 0.3) is 0 Å². The molecule has 0 aliphatic carbocycles. The van der Waals surface area contributed by atoms with Crippen molar-refractivity contribution in [2.45, 2.75) is 39.0 Å². The summed E-state index contributed by atoms with van der Waals surface area (Å²) in [5.41, 5.74) is 5.77. The maximum absolute atomic E-state index is 5.77. The summed E-state index contributed by atoms with van der Waals surface area (Å²) in [7, 11) is 0. The van der Waals surface area contributed by atoms with E-state index in [1.165, 1.54) is 25.0 Å². The molecule has 5 heteroatoms. The van der Waals surface area contributed by atoms with Gasteiger partial charge in [0, 0.05) is 18.5 Å². The minimum atomic E-state index is 0.302. The summed E-state index contributed by atoms with van der Waals surface area (Å²) in [6.07, 6.45) is 5.86. The lowest BCUT2D eigenvalue weighted by Crippen LogP contribution is -2.08. The molecule has 3 N–H and O–H groups in total. The second-order valence-corrected chi connectivity index (χ2v) is 5.66. The highest BCUT2D eigenvalue weighted by Crippen LogP contribution is 2.15. The number of aromatic nitrogens is 2. The standard InChI is InChI=1S/C13H24N4S/c1-10(2)13-16-11(14)9-12(17-13)15-7-5-4-6-8-18-3/h9-10H,4-8H2,1-3H3,(H3,14,15,16,17). The van der Waals surface area contributed by atoms with Gasteiger partial charge in [-0.05, 0) is 24.9 Å². The van der Waals surface area contributed by atoms with E-state index in [1.807, 2.05) is 11.8 Å². The van der Waals surface area contributed by atoms with Crippen LogP contribution in [0.4, 0.5) is 11.6 Å². The van der Waals surface area contributed by atoms with Crippen LogP contribution in [0.1, 0.15) is 44.9 Å². The number of rotatable bonds is 8. The normalized spacial score (nSPS) is 10.9. The molecule has 0 aliphatic rings. The third-order valence-corrected chi connectivity index (χ3v) is 3.31. The van der Waals surface area contributed by atoms with E-state index in [-0.39, 0.29) is 0 Å². The maximum Gasteiger partial charge on any atom is 0.135 e. The van der Waals surface area contributed by atoms with Gasteiger partial charge in [-0.3, -0.25) is 0 Å². The fourth-order valence-corrected chi connectivity index (χ4v) is 2.09. The van der Waals surface area contributed by atoms with Crippen LogP contribution in [0.5, 0.6) is 0 Å². The number of nitrogens with two attached hydrogens (primary N) is 1. The van der Waals surface area contributed by atoms with E-state index in [1.54, 1.807) is 6.07 Å². The minimum absolute atomic E-state index is 0.302. The van der Waals surface area contributed by atoms with Crippen molar-refractivity contribution in [2.24, 2.45) is 0 Å². The molecule has 0 atom stereocenters. The zero-order valence-corrected chi connectivity index (χ0v) is 12.4. The fourth-order valence-electron chi connectivity index (χ4n) is 1.60. The molecular weight excluding hydrogens is 244 g/mol. The van der Waals surface area contributed by atoms with Crippen LogP contribution in [0.25, 0.3) is 0 Å². The zero-order chi connectivity index (χ0) is 13.4. The Hall–Kier alpha value is -0.970. The predicted molar refractivity (Wildman–Crippen MR) is 81.3 cm³/mol. The fraction of sp³-hybridized carbons (Fsp3) is 0.692. The largest absolute Gasteiger partial charge is 0.384 e. The van der Waals surface area contributed by atoms with Gasteiger partial charge in [-0.1, -0.05) is 20.3 Å². The average molecular weight is 268 g/mol. The highest BCUT2D eigenvalue weighted by atomic mass is 32.2. The van der Waals surface area contributed by atoms with E-state index in [0.29, 0.717) is 11.7 Å². The number of hydrogen-bond donors (Lipinski definition) is 2. The summed E-state index contributed by atoms with van der Waals surface area (Å²) >= 11 is 1.91. The van der Waals surface area contributed by atoms with Crippen molar-refractivity contribution in [2.75, 3.05) is 29.6 Å². The Bertz CT molecular complexity index is 355. The molecule has 0 aromatic carbocycles. The first-order valence-electron chi connectivity index (χ1n) is 6.50. The highest BCUT2D eigenvalue weighted by Gasteiger charge is 2.05. The summed E-state index contributed by atoms with van der Waals surface area (Å²) in [6, 6.07) is 1.80. The summed E-state index contributed by atoms with van der Waals surface area (Å²) < 4.78 is 0. The van der Waals surface area contributed by atoms with E-state index < -0.39 is 0 Å². The average Bonchev–Trinajstić information content (AvgIpc) is 2.33. The molecule has 102 valence electrons. The van der Waals surface area contributed by atoms with Crippen LogP contribution in [0, 0.1) is 0 Å². The Labute approximate surface area is 114 Å². The molecule has 0 aliphatic heterocycles. The van der Waals surface area contributed by atoms with Crippen LogP contribution < -0.4 is 11.1 Å². The summed E-state index contributed by atoms with van der Waals surface area (Å²) in [4.78, 5) is 8.69. The minimum Gasteiger partial charge on any atom is -0.384 e. The molecule has 18 heavy (non-hydrogen) atoms. The summed E-state index contributed by atoms with van der Waals surface area (Å²) in [5, 5.41) is 3.32. The molecule has 0 unspecified atom stereocenters. The van der Waals surface area contributed by atoms with E-state index >= 15 is 0 Å². The van der Waals surface area contributed by atoms with E-state index in [2.05, 4.69) is 35.4 Å². The molecule has 0 fully saturated rings. The van der Waals surface area contributed by atoms with Gasteiger partial charge >= 0.3 is 0 Å². The van der Waals surface area contributed by atoms with Gasteiger partial charge in [0.05, 0.1) is 0 Å². The van der Waals surface area contributed by atoms with Gasteiger partial charge < -0.3 is 11.1 Å². The zero-order valence-electron chi connectivity index (χ0n) is 11.6. The Morgan fingerprint density at radius 2 is 2.06 bits per heavy atom. The predicted octanol–water partition coefficient (Wildman–Crippen LogP) is 3.13. The van der Waals surface area contributed by atoms with Crippen LogP contribution in [-0.4, -0.2) is 28.5 Å². The molecule has 4 nitrogen and oxygen atoms in total. The molecule has 0 spiro atoms. The first kappa shape index (κ1) is 15.1. The monoisotopic (exact) mass is 268 g/mol. The van der Waals surface area contributed by atoms with Crippen molar-refractivity contribution in [3.63, 3.8) is 0 Å². The van der Waals surface area contributed by atoms with Crippen LogP contribution in [0.2, 0.25) is 0 Å². The van der Waals surface area contributed by atoms with Gasteiger partial charge in [0.2, 0.25) is 0 Å². The molecule has 1 heterocycles. The van der Waals surface area contributed by atoms with Gasteiger partial charge in [-0.2, -0.15) is 11.8 Å². The quantitative estimate of drug-likeness (QED) is 0.709. The Kier molecular flexibility index (Phi) is 6.86. The summed E-state index contributed by atoms with van der Waals surface area (Å²) in [5.74, 6) is 3.74. The number of anilines is 2. The third-order valence-electron chi connectivity index (χ3n) is 2.61. The number of nitrogens with zero attached hydrogens (tertiary/aromatic N) is 2. The Morgan fingerprint density at radius 3 is 2.72 bits per heavy atom. The SMILES string of the molecule is CSCCCCCNc1cc(N)nc(C(C)C)n1. The van der Waals surface area contributed by atoms with Crippen molar-refractivity contribution in [1.82, 2.24) is 9.97 Å². The lowest BCUT2D eigenvalue weighted by molar-refractivity contribution is 0.742. The van der Waals surface area contributed by atoms with Gasteiger partial charge in [0.1, 0.15) is 17.5 Å². The second-order valence-electron chi connectivity index (χ2n) is 4.67. The lowest BCUT2D eigenvalue weighted by Gasteiger charge is -2.09. The van der Waals surface area contributed by atoms with Crippen molar-refractivity contribution >= 4 is 23.4 Å². The van der Waals surface area contributed by atoms with E-state index in [4.69, 9.17) is 5.73 Å². The first-order valence-corrected chi connectivity index (χ1v) is 7.90. The summed E-state index contributed by atoms with van der Waals surface area (Å²) in [6.45, 7) is 5.09. The first-order chi connectivity index (χ1) is 8.63. The molecular formula is C13H24N4S. The lowest BCUT2D eigenvalue weighted by atomic mass is 10.2. The van der Waals surface area contributed by atoms with Crippen molar-refractivity contribution in [1.29, 1.82) is 0 Å². The number of nitrogen functional groups attached to an aromatic ring is 1. The molecule has 1 rings (SSSR count). The second kappa shape index (κ2) is 8.19. The van der Waals surface area contributed by atoms with E-state index in [0.717, 1.165) is 18.2 Å². The molecule has 0 radical (unpaired) electrons. The molecule has 0 amide bonds. The van der Waals surface area contributed by atoms with Crippen LogP contribution in [0.3, 0.4) is 0 Å². The molecule has 1 aromatic rings. The number of thioether (sulfide) groups is 1. The molecule has 0 bridgehead atoms. The number of unbranched alkanes of at least 4 members (excludes halogenated alkanes) is 2. The molecule has 1 aromatic heterocycles. The smallest absolute Gasteiger partial charge is 0.135 e. The number of nitrogens with one attached hydrogen (secondary N) is 1. The molecule has 0 saturated heterocycles. The van der Waals surface area contributed by atoms with Crippen LogP contribution in [-0.2, 0) is 0 Å². The molecule has 0 saturated carbocycles. The van der Waals surface area contributed by atoms with Crippen LogP contribution >= 0.6 is 11.8 Å². The Morgan fingerprint density at radius 1 is 1.28 bits per heavy atom. The van der Waals surface area contributed by atoms with Crippen LogP contribution in [0.15, 0.2) is 6.07 Å². The van der Waals surface area contributed by atoms with Crippen molar-refractivity contribution in [3.05, 3.63) is 11.9 Å². The van der Waals surface area contributed by atoms with Crippen molar-refractivity contribution < 1.29 is 0 Å².